The lowest BCUT2D eigenvalue weighted by Crippen LogP contribution is -2.50. The van der Waals surface area contributed by atoms with Crippen LogP contribution in [0.25, 0.3) is 0 Å². The molecule has 0 amide bonds. The largest absolute Gasteiger partial charge is 0.299 e. The number of carbonyl (C=O) groups is 2. The smallest absolute Gasteiger partial charge is 0.154 e. The van der Waals surface area contributed by atoms with Gasteiger partial charge in [0, 0.05) is 12.3 Å². The van der Waals surface area contributed by atoms with Crippen molar-refractivity contribution in [2.75, 3.05) is 0 Å². The first kappa shape index (κ1) is 12.6. The molecule has 1 aromatic rings. The summed E-state index contributed by atoms with van der Waals surface area (Å²) in [6.07, 6.45) is 4.67. The zero-order chi connectivity index (χ0) is 13.5. The molecule has 1 fully saturated rings. The fourth-order valence-corrected chi connectivity index (χ4v) is 3.79. The molecule has 0 heterocycles. The second-order valence-electron chi connectivity index (χ2n) is 5.94. The van der Waals surface area contributed by atoms with Crippen molar-refractivity contribution in [2.45, 2.75) is 51.4 Å². The third kappa shape index (κ3) is 1.77. The monoisotopic (exact) mass is 256 g/mol. The normalized spacial score (nSPS) is 29.2. The molecule has 100 valence electrons. The summed E-state index contributed by atoms with van der Waals surface area (Å²) in [6.45, 7) is 2.11. The molecule has 0 saturated heterocycles. The molecule has 2 aliphatic carbocycles. The van der Waals surface area contributed by atoms with Gasteiger partial charge in [-0.15, -0.1) is 0 Å². The number of benzene rings is 1. The Morgan fingerprint density at radius 1 is 1.26 bits per heavy atom. The van der Waals surface area contributed by atoms with Gasteiger partial charge in [-0.2, -0.15) is 0 Å². The average Bonchev–Trinajstić information content (AvgIpc) is 2.42. The molecule has 2 heteroatoms. The maximum atomic E-state index is 12.8. The molecule has 0 aromatic heterocycles. The molecule has 0 N–H and O–H groups in total. The van der Waals surface area contributed by atoms with E-state index in [1.54, 1.807) is 0 Å². The van der Waals surface area contributed by atoms with Gasteiger partial charge in [-0.3, -0.25) is 9.59 Å². The zero-order valence-corrected chi connectivity index (χ0v) is 11.4. The summed E-state index contributed by atoms with van der Waals surface area (Å²) in [4.78, 5) is 25.2. The minimum atomic E-state index is -0.687. The van der Waals surface area contributed by atoms with Gasteiger partial charge in [0.25, 0.3) is 0 Å². The first-order valence-electron chi connectivity index (χ1n) is 7.34. The van der Waals surface area contributed by atoms with Gasteiger partial charge < -0.3 is 0 Å². The zero-order valence-electron chi connectivity index (χ0n) is 11.4. The van der Waals surface area contributed by atoms with Crippen molar-refractivity contribution in [3.63, 3.8) is 0 Å². The lowest BCUT2D eigenvalue weighted by Gasteiger charge is -2.43. The van der Waals surface area contributed by atoms with E-state index in [-0.39, 0.29) is 17.5 Å². The number of fused-ring (bicyclic) bond motifs is 4. The first-order chi connectivity index (χ1) is 9.19. The van der Waals surface area contributed by atoms with Crippen LogP contribution in [0, 0.1) is 5.41 Å². The summed E-state index contributed by atoms with van der Waals surface area (Å²) in [5.41, 5.74) is 1.70. The molecule has 2 unspecified atom stereocenters. The van der Waals surface area contributed by atoms with E-state index in [1.807, 2.05) is 12.1 Å². The molecule has 2 nitrogen and oxygen atoms in total. The van der Waals surface area contributed by atoms with E-state index < -0.39 is 5.41 Å². The van der Waals surface area contributed by atoms with Gasteiger partial charge in [-0.05, 0) is 30.4 Å². The van der Waals surface area contributed by atoms with Crippen molar-refractivity contribution in [1.82, 2.24) is 0 Å². The molecular formula is C17H20O2. The summed E-state index contributed by atoms with van der Waals surface area (Å²) < 4.78 is 0. The van der Waals surface area contributed by atoms with Crippen LogP contribution in [0.1, 0.15) is 56.1 Å². The molecule has 2 bridgehead atoms. The van der Waals surface area contributed by atoms with Gasteiger partial charge in [0.15, 0.2) is 5.78 Å². The van der Waals surface area contributed by atoms with Crippen molar-refractivity contribution < 1.29 is 9.59 Å². The van der Waals surface area contributed by atoms with Crippen molar-refractivity contribution in [1.29, 1.82) is 0 Å². The van der Waals surface area contributed by atoms with E-state index in [9.17, 15) is 9.59 Å². The number of ketones is 2. The van der Waals surface area contributed by atoms with Crippen LogP contribution in [0.15, 0.2) is 24.3 Å². The van der Waals surface area contributed by atoms with E-state index in [4.69, 9.17) is 0 Å². The molecule has 0 spiro atoms. The Balaban J connectivity index is 2.07. The van der Waals surface area contributed by atoms with Crippen LogP contribution < -0.4 is 0 Å². The minimum Gasteiger partial charge on any atom is -0.299 e. The molecule has 2 aliphatic rings. The summed E-state index contributed by atoms with van der Waals surface area (Å²) in [5, 5.41) is 0. The van der Waals surface area contributed by atoms with Gasteiger partial charge >= 0.3 is 0 Å². The van der Waals surface area contributed by atoms with Crippen LogP contribution in [-0.4, -0.2) is 11.6 Å². The first-order valence-corrected chi connectivity index (χ1v) is 7.34. The van der Waals surface area contributed by atoms with E-state index >= 15 is 0 Å². The molecule has 1 aromatic carbocycles. The lowest BCUT2D eigenvalue weighted by molar-refractivity contribution is -0.146. The van der Waals surface area contributed by atoms with Gasteiger partial charge in [0.2, 0.25) is 0 Å². The summed E-state index contributed by atoms with van der Waals surface area (Å²) in [5.74, 6) is 0.368. The second kappa shape index (κ2) is 4.59. The van der Waals surface area contributed by atoms with Crippen molar-refractivity contribution >= 4 is 11.6 Å². The molecule has 1 saturated carbocycles. The quantitative estimate of drug-likeness (QED) is 0.776. The highest BCUT2D eigenvalue weighted by Gasteiger charge is 2.53. The second-order valence-corrected chi connectivity index (χ2v) is 5.94. The third-order valence-corrected chi connectivity index (χ3v) is 4.86. The third-order valence-electron chi connectivity index (χ3n) is 4.86. The average molecular weight is 256 g/mol. The minimum absolute atomic E-state index is 0.0282. The predicted octanol–water partition coefficient (Wildman–Crippen LogP) is 3.43. The van der Waals surface area contributed by atoms with Gasteiger partial charge in [-0.1, -0.05) is 44.0 Å². The van der Waals surface area contributed by atoms with Gasteiger partial charge in [-0.25, -0.2) is 0 Å². The number of Topliss-reactive ketones (excluding diaryl/α,β-unsaturated/α-hetero) is 2. The highest BCUT2D eigenvalue weighted by atomic mass is 16.2. The number of hydrogen-bond donors (Lipinski definition) is 0. The maximum absolute atomic E-state index is 12.8. The molecule has 19 heavy (non-hydrogen) atoms. The standard InChI is InChI=1S/C17H20O2/c1-2-3-10-17-11-12-6-4-5-7-13(12)14(16(17)19)8-9-15(17)18/h4-7,14H,2-3,8-11H2,1H3. The maximum Gasteiger partial charge on any atom is 0.154 e. The van der Waals surface area contributed by atoms with E-state index in [2.05, 4.69) is 19.1 Å². The summed E-state index contributed by atoms with van der Waals surface area (Å²) >= 11 is 0. The van der Waals surface area contributed by atoms with Crippen molar-refractivity contribution in [3.8, 4) is 0 Å². The van der Waals surface area contributed by atoms with E-state index in [0.717, 1.165) is 19.3 Å². The number of rotatable bonds is 3. The Labute approximate surface area is 114 Å². The van der Waals surface area contributed by atoms with Crippen molar-refractivity contribution in [3.05, 3.63) is 35.4 Å². The van der Waals surface area contributed by atoms with Crippen LogP contribution in [0.5, 0.6) is 0 Å². The van der Waals surface area contributed by atoms with Crippen LogP contribution in [0.3, 0.4) is 0 Å². The Morgan fingerprint density at radius 3 is 2.84 bits per heavy atom. The van der Waals surface area contributed by atoms with Crippen molar-refractivity contribution in [2.24, 2.45) is 5.41 Å². The number of unbranched alkanes of at least 4 members (excludes halogenated alkanes) is 1. The fourth-order valence-electron chi connectivity index (χ4n) is 3.79. The fraction of sp³-hybridized carbons (Fsp3) is 0.529. The Hall–Kier alpha value is -1.44. The van der Waals surface area contributed by atoms with Gasteiger partial charge in [0.1, 0.15) is 5.78 Å². The SMILES string of the molecule is CCCCC12Cc3ccccc3C(CCC1=O)C2=O. The van der Waals surface area contributed by atoms with E-state index in [0.29, 0.717) is 19.3 Å². The topological polar surface area (TPSA) is 34.1 Å². The number of hydrogen-bond acceptors (Lipinski definition) is 2. The predicted molar refractivity (Wildman–Crippen MR) is 74.1 cm³/mol. The van der Waals surface area contributed by atoms with Crippen LogP contribution >= 0.6 is 0 Å². The Morgan fingerprint density at radius 2 is 2.05 bits per heavy atom. The summed E-state index contributed by atoms with van der Waals surface area (Å²) in [6, 6.07) is 8.18. The van der Waals surface area contributed by atoms with Crippen LogP contribution in [-0.2, 0) is 16.0 Å². The molecule has 0 radical (unpaired) electrons. The molecule has 2 atom stereocenters. The van der Waals surface area contributed by atoms with Gasteiger partial charge in [0.05, 0.1) is 5.41 Å². The van der Waals surface area contributed by atoms with E-state index in [1.165, 1.54) is 11.1 Å². The Kier molecular flexibility index (Phi) is 3.04. The number of carbonyl (C=O) groups excluding carboxylic acids is 2. The van der Waals surface area contributed by atoms with Crippen LogP contribution in [0.4, 0.5) is 0 Å². The molecule has 0 aliphatic heterocycles. The lowest BCUT2D eigenvalue weighted by atomic mass is 9.57. The highest BCUT2D eigenvalue weighted by molar-refractivity contribution is 6.13. The summed E-state index contributed by atoms with van der Waals surface area (Å²) in [7, 11) is 0. The molecule has 3 rings (SSSR count). The highest BCUT2D eigenvalue weighted by Crippen LogP contribution is 2.49. The van der Waals surface area contributed by atoms with Crippen LogP contribution in [0.2, 0.25) is 0 Å². The molecular weight excluding hydrogens is 236 g/mol. The Bertz CT molecular complexity index is 532.